The largest absolute Gasteiger partial charge is 0.350 e. The quantitative estimate of drug-likeness (QED) is 0.760. The highest BCUT2D eigenvalue weighted by atomic mass is 32.2. The zero-order valence-electron chi connectivity index (χ0n) is 12.9. The van der Waals surface area contributed by atoms with Gasteiger partial charge in [-0.3, -0.25) is 4.79 Å². The van der Waals surface area contributed by atoms with Crippen LogP contribution in [0.25, 0.3) is 0 Å². The Balaban J connectivity index is 1.84. The van der Waals surface area contributed by atoms with Crippen molar-refractivity contribution in [2.24, 2.45) is 0 Å². The first kappa shape index (κ1) is 18.0. The summed E-state index contributed by atoms with van der Waals surface area (Å²) in [6.07, 6.45) is 0. The highest BCUT2D eigenvalue weighted by Gasteiger charge is 2.19. The summed E-state index contributed by atoms with van der Waals surface area (Å²) in [5.41, 5.74) is 0. The number of thioether (sulfide) groups is 1. The first-order valence-electron chi connectivity index (χ1n) is 6.85. The number of hydrogen-bond donors (Lipinski definition) is 1. The summed E-state index contributed by atoms with van der Waals surface area (Å²) in [6.45, 7) is 0.335. The molecule has 23 heavy (non-hydrogen) atoms. The molecule has 0 fully saturated rings. The SMILES string of the molecule is CN(C)S(=O)(=O)c1ccc(CNC(=O)CSc2ccccc2)s1. The maximum Gasteiger partial charge on any atom is 0.252 e. The summed E-state index contributed by atoms with van der Waals surface area (Å²) < 4.78 is 25.4. The van der Waals surface area contributed by atoms with Gasteiger partial charge in [0.25, 0.3) is 10.0 Å². The van der Waals surface area contributed by atoms with E-state index in [1.165, 1.54) is 41.5 Å². The molecule has 0 bridgehead atoms. The van der Waals surface area contributed by atoms with Gasteiger partial charge in [0, 0.05) is 23.9 Å². The number of nitrogens with one attached hydrogen (secondary N) is 1. The van der Waals surface area contributed by atoms with Crippen molar-refractivity contribution in [3.63, 3.8) is 0 Å². The molecular formula is C15H18N2O3S3. The van der Waals surface area contributed by atoms with Crippen LogP contribution < -0.4 is 5.32 Å². The number of thiophene rings is 1. The van der Waals surface area contributed by atoms with E-state index < -0.39 is 10.0 Å². The molecule has 1 aromatic carbocycles. The number of carbonyl (C=O) groups excluding carboxylic acids is 1. The first-order chi connectivity index (χ1) is 10.9. The van der Waals surface area contributed by atoms with Crippen LogP contribution in [0.4, 0.5) is 0 Å². The Bertz CT molecular complexity index is 755. The van der Waals surface area contributed by atoms with Gasteiger partial charge in [-0.25, -0.2) is 12.7 Å². The lowest BCUT2D eigenvalue weighted by atomic mass is 10.4. The van der Waals surface area contributed by atoms with Gasteiger partial charge >= 0.3 is 0 Å². The van der Waals surface area contributed by atoms with E-state index >= 15 is 0 Å². The fourth-order valence-electron chi connectivity index (χ4n) is 1.67. The molecule has 1 aromatic heterocycles. The van der Waals surface area contributed by atoms with Crippen molar-refractivity contribution in [2.45, 2.75) is 15.6 Å². The first-order valence-corrected chi connectivity index (χ1v) is 10.1. The maximum absolute atomic E-state index is 12.0. The Labute approximate surface area is 144 Å². The third-order valence-corrected chi connectivity index (χ3v) is 7.32. The third-order valence-electron chi connectivity index (χ3n) is 2.94. The van der Waals surface area contributed by atoms with Gasteiger partial charge in [0.15, 0.2) is 0 Å². The van der Waals surface area contributed by atoms with Gasteiger partial charge in [0.05, 0.1) is 12.3 Å². The van der Waals surface area contributed by atoms with E-state index in [9.17, 15) is 13.2 Å². The van der Waals surface area contributed by atoms with Crippen LogP contribution in [0.3, 0.4) is 0 Å². The van der Waals surface area contributed by atoms with Crippen molar-refractivity contribution < 1.29 is 13.2 Å². The lowest BCUT2D eigenvalue weighted by molar-refractivity contribution is -0.118. The molecule has 5 nitrogen and oxygen atoms in total. The number of nitrogens with zero attached hydrogens (tertiary/aromatic N) is 1. The van der Waals surface area contributed by atoms with Gasteiger partial charge in [0.2, 0.25) is 5.91 Å². The summed E-state index contributed by atoms with van der Waals surface area (Å²) in [5.74, 6) is 0.252. The molecule has 1 heterocycles. The van der Waals surface area contributed by atoms with E-state index in [0.29, 0.717) is 12.3 Å². The van der Waals surface area contributed by atoms with Crippen LogP contribution in [-0.4, -0.2) is 38.5 Å². The second kappa shape index (κ2) is 7.96. The predicted octanol–water partition coefficient (Wildman–Crippen LogP) is 2.41. The molecule has 2 aromatic rings. The molecule has 8 heteroatoms. The average Bonchev–Trinajstić information content (AvgIpc) is 3.01. The summed E-state index contributed by atoms with van der Waals surface area (Å²) in [7, 11) is -0.411. The van der Waals surface area contributed by atoms with Crippen LogP contribution in [0, 0.1) is 0 Å². The zero-order chi connectivity index (χ0) is 16.9. The molecule has 0 unspecified atom stereocenters. The van der Waals surface area contributed by atoms with Crippen molar-refractivity contribution in [1.82, 2.24) is 9.62 Å². The molecule has 0 saturated carbocycles. The Morgan fingerprint density at radius 2 is 1.87 bits per heavy atom. The summed E-state index contributed by atoms with van der Waals surface area (Å²) in [5, 5.41) is 2.81. The fraction of sp³-hybridized carbons (Fsp3) is 0.267. The molecule has 1 N–H and O–H groups in total. The lowest BCUT2D eigenvalue weighted by Crippen LogP contribution is -2.24. The van der Waals surface area contributed by atoms with Gasteiger partial charge in [-0.2, -0.15) is 0 Å². The van der Waals surface area contributed by atoms with Gasteiger partial charge < -0.3 is 5.32 Å². The fourth-order valence-corrected chi connectivity index (χ4v) is 4.89. The third kappa shape index (κ3) is 5.07. The van der Waals surface area contributed by atoms with Gasteiger partial charge in [-0.05, 0) is 24.3 Å². The predicted molar refractivity (Wildman–Crippen MR) is 94.2 cm³/mol. The van der Waals surface area contributed by atoms with Gasteiger partial charge in [-0.1, -0.05) is 18.2 Å². The van der Waals surface area contributed by atoms with E-state index in [-0.39, 0.29) is 10.1 Å². The van der Waals surface area contributed by atoms with Crippen LogP contribution in [0.1, 0.15) is 4.88 Å². The zero-order valence-corrected chi connectivity index (χ0v) is 15.3. The molecule has 0 atom stereocenters. The van der Waals surface area contributed by atoms with Gasteiger partial charge in [0.1, 0.15) is 4.21 Å². The van der Waals surface area contributed by atoms with Crippen LogP contribution in [0.5, 0.6) is 0 Å². The number of sulfonamides is 1. The smallest absolute Gasteiger partial charge is 0.252 e. The van der Waals surface area contributed by atoms with Crippen LogP contribution in [-0.2, 0) is 21.4 Å². The van der Waals surface area contributed by atoms with E-state index in [4.69, 9.17) is 0 Å². The topological polar surface area (TPSA) is 66.5 Å². The van der Waals surface area contributed by atoms with Gasteiger partial charge in [-0.15, -0.1) is 23.1 Å². The summed E-state index contributed by atoms with van der Waals surface area (Å²) in [6, 6.07) is 13.0. The van der Waals surface area contributed by atoms with Crippen LogP contribution in [0.15, 0.2) is 51.6 Å². The molecule has 1 amide bonds. The molecule has 0 saturated heterocycles. The Morgan fingerprint density at radius 1 is 1.17 bits per heavy atom. The minimum atomic E-state index is -3.41. The minimum absolute atomic E-state index is 0.0794. The number of amides is 1. The van der Waals surface area contributed by atoms with Crippen molar-refractivity contribution in [2.75, 3.05) is 19.8 Å². The number of hydrogen-bond acceptors (Lipinski definition) is 5. The molecule has 124 valence electrons. The monoisotopic (exact) mass is 370 g/mol. The minimum Gasteiger partial charge on any atom is -0.350 e. The number of rotatable bonds is 7. The molecule has 2 rings (SSSR count). The van der Waals surface area contributed by atoms with E-state index in [2.05, 4.69) is 5.32 Å². The van der Waals surface area contributed by atoms with Crippen molar-refractivity contribution in [3.8, 4) is 0 Å². The van der Waals surface area contributed by atoms with E-state index in [0.717, 1.165) is 9.77 Å². The van der Waals surface area contributed by atoms with E-state index in [1.54, 1.807) is 12.1 Å². The van der Waals surface area contributed by atoms with Crippen LogP contribution >= 0.6 is 23.1 Å². The Kier molecular flexibility index (Phi) is 6.23. The normalized spacial score (nSPS) is 11.6. The van der Waals surface area contributed by atoms with Crippen molar-refractivity contribution in [3.05, 3.63) is 47.3 Å². The van der Waals surface area contributed by atoms with Crippen molar-refractivity contribution >= 4 is 39.0 Å². The standard InChI is InChI=1S/C15H18N2O3S3/c1-17(2)23(19,20)15-9-8-13(22-15)10-16-14(18)11-21-12-6-4-3-5-7-12/h3-9H,10-11H2,1-2H3,(H,16,18). The molecule has 0 aliphatic heterocycles. The summed E-state index contributed by atoms with van der Waals surface area (Å²) in [4.78, 5) is 13.7. The lowest BCUT2D eigenvalue weighted by Gasteiger charge is -2.08. The van der Waals surface area contributed by atoms with E-state index in [1.807, 2.05) is 30.3 Å². The second-order valence-electron chi connectivity index (χ2n) is 4.89. The average molecular weight is 371 g/mol. The molecule has 0 aliphatic carbocycles. The Hall–Kier alpha value is -1.35. The van der Waals surface area contributed by atoms with Crippen LogP contribution in [0.2, 0.25) is 0 Å². The Morgan fingerprint density at radius 3 is 2.52 bits per heavy atom. The molecule has 0 radical (unpaired) electrons. The number of benzene rings is 1. The summed E-state index contributed by atoms with van der Waals surface area (Å²) >= 11 is 2.64. The molecule has 0 aliphatic rings. The highest BCUT2D eigenvalue weighted by Crippen LogP contribution is 2.23. The molecular weight excluding hydrogens is 352 g/mol. The number of carbonyl (C=O) groups is 1. The molecule has 0 spiro atoms. The second-order valence-corrected chi connectivity index (χ2v) is 9.48. The van der Waals surface area contributed by atoms with Crippen molar-refractivity contribution in [1.29, 1.82) is 0 Å². The maximum atomic E-state index is 12.0. The highest BCUT2D eigenvalue weighted by molar-refractivity contribution is 8.00.